The summed E-state index contributed by atoms with van der Waals surface area (Å²) >= 11 is 1.61. The van der Waals surface area contributed by atoms with E-state index in [1.54, 1.807) is 18.4 Å². The van der Waals surface area contributed by atoms with Gasteiger partial charge in [-0.25, -0.2) is 0 Å². The van der Waals surface area contributed by atoms with Crippen LogP contribution in [-0.4, -0.2) is 7.11 Å². The van der Waals surface area contributed by atoms with Gasteiger partial charge in [0.25, 0.3) is 0 Å². The van der Waals surface area contributed by atoms with E-state index in [1.165, 1.54) is 21.6 Å². The smallest absolute Gasteiger partial charge is 0.122 e. The Morgan fingerprint density at radius 1 is 1.06 bits per heavy atom. The zero-order valence-electron chi connectivity index (χ0n) is 9.70. The second-order valence-electron chi connectivity index (χ2n) is 3.77. The average Bonchev–Trinajstić information content (AvgIpc) is 2.69. The molecule has 0 aliphatic carbocycles. The van der Waals surface area contributed by atoms with E-state index in [1.807, 2.05) is 12.1 Å². The number of nitrogens with two attached hydrogens (primary N) is 1. The van der Waals surface area contributed by atoms with Gasteiger partial charge in [-0.15, -0.1) is 11.3 Å². The lowest BCUT2D eigenvalue weighted by Gasteiger charge is -2.11. The van der Waals surface area contributed by atoms with Crippen LogP contribution in [0.15, 0.2) is 24.3 Å². The molecular formula is C13H15NOS. The normalized spacial score (nSPS) is 10.4. The van der Waals surface area contributed by atoms with Crippen molar-refractivity contribution in [2.75, 3.05) is 12.8 Å². The summed E-state index contributed by atoms with van der Waals surface area (Å²) in [6.45, 7) is 4.19. The third-order valence-corrected chi connectivity index (χ3v) is 3.80. The molecule has 0 saturated heterocycles. The van der Waals surface area contributed by atoms with E-state index in [4.69, 9.17) is 10.5 Å². The Balaban J connectivity index is 2.55. The zero-order valence-corrected chi connectivity index (χ0v) is 10.5. The van der Waals surface area contributed by atoms with Gasteiger partial charge in [-0.2, -0.15) is 0 Å². The van der Waals surface area contributed by atoms with Gasteiger partial charge in [0.15, 0.2) is 0 Å². The van der Waals surface area contributed by atoms with Crippen LogP contribution in [-0.2, 0) is 0 Å². The highest BCUT2D eigenvalue weighted by Gasteiger charge is 2.09. The summed E-state index contributed by atoms with van der Waals surface area (Å²) in [5.41, 5.74) is 9.43. The Bertz CT molecular complexity index is 517. The number of hydrogen-bond donors (Lipinski definition) is 1. The van der Waals surface area contributed by atoms with E-state index in [9.17, 15) is 0 Å². The van der Waals surface area contributed by atoms with Gasteiger partial charge in [0.2, 0.25) is 0 Å². The first kappa shape index (κ1) is 11.0. The van der Waals surface area contributed by atoms with Crippen molar-refractivity contribution < 1.29 is 4.74 Å². The largest absolute Gasteiger partial charge is 0.496 e. The van der Waals surface area contributed by atoms with Crippen molar-refractivity contribution >= 4 is 16.3 Å². The number of rotatable bonds is 2. The molecule has 2 N–H and O–H groups in total. The highest BCUT2D eigenvalue weighted by atomic mass is 32.1. The van der Waals surface area contributed by atoms with E-state index < -0.39 is 0 Å². The Labute approximate surface area is 99.7 Å². The molecule has 0 saturated carbocycles. The summed E-state index contributed by atoms with van der Waals surface area (Å²) in [4.78, 5) is 1.21. The molecule has 1 aromatic heterocycles. The topological polar surface area (TPSA) is 35.2 Å². The van der Waals surface area contributed by atoms with Crippen LogP contribution in [0.3, 0.4) is 0 Å². The van der Waals surface area contributed by atoms with Gasteiger partial charge in [0.05, 0.1) is 12.1 Å². The van der Waals surface area contributed by atoms with Gasteiger partial charge < -0.3 is 10.5 Å². The molecule has 2 nitrogen and oxygen atoms in total. The van der Waals surface area contributed by atoms with E-state index in [0.29, 0.717) is 0 Å². The molecule has 0 aliphatic heterocycles. The second kappa shape index (κ2) is 4.18. The van der Waals surface area contributed by atoms with Crippen LogP contribution in [0.2, 0.25) is 0 Å². The summed E-state index contributed by atoms with van der Waals surface area (Å²) in [5, 5.41) is 0.850. The number of methoxy groups -OCH3 is 1. The summed E-state index contributed by atoms with van der Waals surface area (Å²) in [5.74, 6) is 0.936. The maximum Gasteiger partial charge on any atom is 0.122 e. The van der Waals surface area contributed by atoms with E-state index in [-0.39, 0.29) is 0 Å². The fourth-order valence-electron chi connectivity index (χ4n) is 1.78. The first-order chi connectivity index (χ1) is 7.63. The Morgan fingerprint density at radius 3 is 2.38 bits per heavy atom. The fraction of sp³-hybridized carbons (Fsp3) is 0.231. The van der Waals surface area contributed by atoms with Crippen LogP contribution in [0.25, 0.3) is 10.4 Å². The lowest BCUT2D eigenvalue weighted by atomic mass is 10.0. The van der Waals surface area contributed by atoms with Crippen molar-refractivity contribution in [3.63, 3.8) is 0 Å². The third kappa shape index (κ3) is 1.78. The molecule has 0 spiro atoms. The summed E-state index contributed by atoms with van der Waals surface area (Å²) in [6.07, 6.45) is 0. The molecule has 0 unspecified atom stereocenters. The van der Waals surface area contributed by atoms with Gasteiger partial charge in [-0.05, 0) is 54.8 Å². The van der Waals surface area contributed by atoms with Crippen molar-refractivity contribution in [2.24, 2.45) is 0 Å². The summed E-state index contributed by atoms with van der Waals surface area (Å²) < 4.78 is 5.30. The fourth-order valence-corrected chi connectivity index (χ4v) is 2.64. The first-order valence-electron chi connectivity index (χ1n) is 5.13. The molecule has 0 atom stereocenters. The number of thiophene rings is 1. The number of ether oxygens (including phenoxy) is 1. The van der Waals surface area contributed by atoms with Gasteiger partial charge in [-0.1, -0.05) is 0 Å². The van der Waals surface area contributed by atoms with Crippen LogP contribution in [0.4, 0.5) is 5.00 Å². The second-order valence-corrected chi connectivity index (χ2v) is 4.88. The quantitative estimate of drug-likeness (QED) is 0.859. The molecule has 84 valence electrons. The molecule has 1 aromatic carbocycles. The molecule has 0 fully saturated rings. The lowest BCUT2D eigenvalue weighted by molar-refractivity contribution is 0.411. The molecule has 2 rings (SSSR count). The van der Waals surface area contributed by atoms with Gasteiger partial charge in [-0.3, -0.25) is 0 Å². The number of nitrogen functional groups attached to an aromatic ring is 1. The molecule has 2 aromatic rings. The molecule has 0 radical (unpaired) electrons. The average molecular weight is 233 g/mol. The van der Waals surface area contributed by atoms with Crippen LogP contribution in [0.5, 0.6) is 5.75 Å². The lowest BCUT2D eigenvalue weighted by Crippen LogP contribution is -1.91. The Kier molecular flexibility index (Phi) is 2.88. The minimum atomic E-state index is 0.850. The number of anilines is 1. The van der Waals surface area contributed by atoms with Gasteiger partial charge in [0.1, 0.15) is 5.75 Å². The van der Waals surface area contributed by atoms with Crippen molar-refractivity contribution in [2.45, 2.75) is 13.8 Å². The van der Waals surface area contributed by atoms with Gasteiger partial charge in [0, 0.05) is 4.88 Å². The maximum absolute atomic E-state index is 5.75. The van der Waals surface area contributed by atoms with E-state index in [0.717, 1.165) is 10.8 Å². The zero-order chi connectivity index (χ0) is 11.7. The minimum Gasteiger partial charge on any atom is -0.496 e. The van der Waals surface area contributed by atoms with E-state index in [2.05, 4.69) is 26.0 Å². The van der Waals surface area contributed by atoms with Crippen LogP contribution < -0.4 is 10.5 Å². The summed E-state index contributed by atoms with van der Waals surface area (Å²) in [7, 11) is 1.70. The SMILES string of the molecule is COc1ccc(-c2ccc(N)s2)c(C)c1C. The summed E-state index contributed by atoms with van der Waals surface area (Å²) in [6, 6.07) is 8.10. The highest BCUT2D eigenvalue weighted by Crippen LogP contribution is 2.35. The predicted molar refractivity (Wildman–Crippen MR) is 70.2 cm³/mol. The molecule has 0 amide bonds. The maximum atomic E-state index is 5.75. The molecule has 16 heavy (non-hydrogen) atoms. The molecule has 0 aliphatic rings. The number of benzene rings is 1. The van der Waals surface area contributed by atoms with Crippen LogP contribution in [0, 0.1) is 13.8 Å². The molecule has 1 heterocycles. The van der Waals surface area contributed by atoms with E-state index >= 15 is 0 Å². The molecular weight excluding hydrogens is 218 g/mol. The van der Waals surface area contributed by atoms with Crippen molar-refractivity contribution in [3.8, 4) is 16.2 Å². The third-order valence-electron chi connectivity index (χ3n) is 2.85. The number of hydrogen-bond acceptors (Lipinski definition) is 3. The molecule has 3 heteroatoms. The predicted octanol–water partition coefficient (Wildman–Crippen LogP) is 3.62. The van der Waals surface area contributed by atoms with Gasteiger partial charge >= 0.3 is 0 Å². The monoisotopic (exact) mass is 233 g/mol. The van der Waals surface area contributed by atoms with Crippen LogP contribution in [0.1, 0.15) is 11.1 Å². The Hall–Kier alpha value is -1.48. The Morgan fingerprint density at radius 2 is 1.81 bits per heavy atom. The first-order valence-corrected chi connectivity index (χ1v) is 5.95. The minimum absolute atomic E-state index is 0.850. The van der Waals surface area contributed by atoms with Crippen molar-refractivity contribution in [1.29, 1.82) is 0 Å². The van der Waals surface area contributed by atoms with Crippen LogP contribution >= 0.6 is 11.3 Å². The standard InChI is InChI=1S/C13H15NOS/c1-8-9(2)11(15-3)5-4-10(8)12-6-7-13(14)16-12/h4-7H,14H2,1-3H3. The molecule has 0 bridgehead atoms. The highest BCUT2D eigenvalue weighted by molar-refractivity contribution is 7.19. The van der Waals surface area contributed by atoms with Crippen molar-refractivity contribution in [3.05, 3.63) is 35.4 Å². The van der Waals surface area contributed by atoms with Crippen molar-refractivity contribution in [1.82, 2.24) is 0 Å².